The monoisotopic (exact) mass is 360 g/mol. The third-order valence-electron chi connectivity index (χ3n) is 4.56. The van der Waals surface area contributed by atoms with Gasteiger partial charge in [-0.2, -0.15) is 5.26 Å². The van der Waals surface area contributed by atoms with E-state index in [4.69, 9.17) is 5.26 Å². The summed E-state index contributed by atoms with van der Waals surface area (Å²) in [4.78, 5) is 18.9. The number of amides is 1. The number of carbonyl (C=O) groups excluding carboxylic acids is 1. The van der Waals surface area contributed by atoms with Crippen molar-refractivity contribution in [1.29, 1.82) is 5.26 Å². The molecule has 2 aromatic carbocycles. The summed E-state index contributed by atoms with van der Waals surface area (Å²) in [6, 6.07) is 15.9. The van der Waals surface area contributed by atoms with Crippen molar-refractivity contribution in [2.75, 3.05) is 17.7 Å². The molecular weight excluding hydrogens is 344 g/mol. The minimum absolute atomic E-state index is 0.0425. The highest BCUT2D eigenvalue weighted by Gasteiger charge is 2.24. The number of benzene rings is 2. The molecule has 1 aliphatic heterocycles. The highest BCUT2D eigenvalue weighted by molar-refractivity contribution is 8.00. The maximum atomic E-state index is 11.9. The second-order valence-electron chi connectivity index (χ2n) is 6.11. The molecule has 3 aromatic rings. The molecular formula is C20H16N4OS. The van der Waals surface area contributed by atoms with Crippen molar-refractivity contribution in [1.82, 2.24) is 9.55 Å². The third kappa shape index (κ3) is 2.87. The summed E-state index contributed by atoms with van der Waals surface area (Å²) in [6.45, 7) is 0. The number of hydrogen-bond donors (Lipinski definition) is 0. The van der Waals surface area contributed by atoms with Gasteiger partial charge in [0.15, 0.2) is 0 Å². The fraction of sp³-hybridized carbons (Fsp3) is 0.150. The predicted molar refractivity (Wildman–Crippen MR) is 101 cm³/mol. The lowest BCUT2D eigenvalue weighted by Crippen LogP contribution is -2.31. The molecule has 1 aromatic heterocycles. The summed E-state index contributed by atoms with van der Waals surface area (Å²) in [5.41, 5.74) is 3.77. The van der Waals surface area contributed by atoms with Gasteiger partial charge in [0.25, 0.3) is 0 Å². The molecule has 1 unspecified atom stereocenters. The van der Waals surface area contributed by atoms with Crippen molar-refractivity contribution in [3.05, 3.63) is 77.9 Å². The van der Waals surface area contributed by atoms with E-state index in [2.05, 4.69) is 23.2 Å². The van der Waals surface area contributed by atoms with Crippen LogP contribution in [0.25, 0.3) is 0 Å². The summed E-state index contributed by atoms with van der Waals surface area (Å²) in [7, 11) is 1.81. The molecule has 1 amide bonds. The first-order chi connectivity index (χ1) is 12.7. The average molecular weight is 360 g/mol. The molecule has 1 atom stereocenters. The maximum Gasteiger partial charge on any atom is 0.237 e. The summed E-state index contributed by atoms with van der Waals surface area (Å²) >= 11 is 1.57. The summed E-state index contributed by atoms with van der Waals surface area (Å²) in [5, 5.41) is 9.05. The number of fused-ring (bicyclic) bond motifs is 1. The molecule has 4 rings (SSSR count). The van der Waals surface area contributed by atoms with Crippen LogP contribution in [0.15, 0.2) is 66.1 Å². The van der Waals surface area contributed by atoms with Gasteiger partial charge >= 0.3 is 0 Å². The molecule has 0 spiro atoms. The Bertz CT molecular complexity index is 990. The van der Waals surface area contributed by atoms with Gasteiger partial charge < -0.3 is 9.47 Å². The lowest BCUT2D eigenvalue weighted by atomic mass is 9.97. The van der Waals surface area contributed by atoms with Crippen LogP contribution in [0.4, 0.5) is 5.69 Å². The number of carbonyl (C=O) groups is 1. The molecule has 0 bridgehead atoms. The molecule has 26 heavy (non-hydrogen) atoms. The number of rotatable bonds is 3. The zero-order valence-electron chi connectivity index (χ0n) is 14.2. The van der Waals surface area contributed by atoms with E-state index in [0.29, 0.717) is 11.3 Å². The Morgan fingerprint density at radius 3 is 2.65 bits per heavy atom. The van der Waals surface area contributed by atoms with Crippen LogP contribution in [0.2, 0.25) is 0 Å². The number of thioether (sulfide) groups is 1. The first-order valence-electron chi connectivity index (χ1n) is 8.18. The molecule has 0 aliphatic carbocycles. The molecule has 0 N–H and O–H groups in total. The van der Waals surface area contributed by atoms with Crippen molar-refractivity contribution in [3.8, 4) is 6.07 Å². The number of imidazole rings is 1. The Morgan fingerprint density at radius 2 is 1.96 bits per heavy atom. The van der Waals surface area contributed by atoms with Gasteiger partial charge in [0.1, 0.15) is 0 Å². The lowest BCUT2D eigenvalue weighted by Gasteiger charge is -2.27. The van der Waals surface area contributed by atoms with Gasteiger partial charge in [-0.25, -0.2) is 4.98 Å². The molecule has 0 radical (unpaired) electrons. The smallest absolute Gasteiger partial charge is 0.237 e. The number of aromatic nitrogens is 2. The number of hydrogen-bond acceptors (Lipinski definition) is 4. The van der Waals surface area contributed by atoms with Crippen LogP contribution < -0.4 is 4.90 Å². The average Bonchev–Trinajstić information content (AvgIpc) is 3.20. The van der Waals surface area contributed by atoms with Crippen LogP contribution in [-0.4, -0.2) is 28.3 Å². The molecule has 0 fully saturated rings. The molecule has 5 nitrogen and oxygen atoms in total. The van der Waals surface area contributed by atoms with Crippen molar-refractivity contribution in [3.63, 3.8) is 0 Å². The van der Waals surface area contributed by atoms with E-state index in [9.17, 15) is 4.79 Å². The largest absolute Gasteiger partial charge is 0.326 e. The number of nitrogens with zero attached hydrogens (tertiary/aromatic N) is 4. The number of anilines is 1. The lowest BCUT2D eigenvalue weighted by molar-refractivity contribution is -0.116. The second-order valence-corrected chi connectivity index (χ2v) is 7.13. The molecule has 6 heteroatoms. The minimum atomic E-state index is -0.0425. The standard InChI is InChI=1S/C20H16N4OS/c1-23-17-7-6-16(10-18(17)26-12-19(23)25)20(24-9-8-22-13-24)15-4-2-14(11-21)3-5-15/h2-10,13,20H,12H2,1H3. The summed E-state index contributed by atoms with van der Waals surface area (Å²) in [6.07, 6.45) is 5.49. The van der Waals surface area contributed by atoms with E-state index in [0.717, 1.165) is 21.7 Å². The summed E-state index contributed by atoms with van der Waals surface area (Å²) < 4.78 is 2.05. The van der Waals surface area contributed by atoms with E-state index in [1.165, 1.54) is 0 Å². The predicted octanol–water partition coefficient (Wildman–Crippen LogP) is 3.46. The maximum absolute atomic E-state index is 11.9. The minimum Gasteiger partial charge on any atom is -0.326 e. The van der Waals surface area contributed by atoms with E-state index >= 15 is 0 Å². The first-order valence-corrected chi connectivity index (χ1v) is 9.17. The molecule has 0 saturated heterocycles. The van der Waals surface area contributed by atoms with Crippen molar-refractivity contribution in [2.45, 2.75) is 10.9 Å². The van der Waals surface area contributed by atoms with E-state index in [1.807, 2.05) is 48.1 Å². The van der Waals surface area contributed by atoms with E-state index in [1.54, 1.807) is 29.2 Å². The van der Waals surface area contributed by atoms with Crippen LogP contribution in [0, 0.1) is 11.3 Å². The van der Waals surface area contributed by atoms with Crippen LogP contribution in [0.3, 0.4) is 0 Å². The SMILES string of the molecule is CN1C(=O)CSc2cc(C(c3ccc(C#N)cc3)n3ccnc3)ccc21. The normalized spacial score (nSPS) is 14.6. The van der Waals surface area contributed by atoms with E-state index < -0.39 is 0 Å². The number of nitriles is 1. The molecule has 0 saturated carbocycles. The van der Waals surface area contributed by atoms with Gasteiger partial charge in [-0.15, -0.1) is 11.8 Å². The first kappa shape index (κ1) is 16.4. The Labute approximate surface area is 155 Å². The Kier molecular flexibility index (Phi) is 4.23. The highest BCUT2D eigenvalue weighted by Crippen LogP contribution is 2.38. The zero-order chi connectivity index (χ0) is 18.1. The zero-order valence-corrected chi connectivity index (χ0v) is 15.0. The third-order valence-corrected chi connectivity index (χ3v) is 5.59. The van der Waals surface area contributed by atoms with Crippen molar-refractivity contribution < 1.29 is 4.79 Å². The highest BCUT2D eigenvalue weighted by atomic mass is 32.2. The van der Waals surface area contributed by atoms with Crippen LogP contribution in [-0.2, 0) is 4.79 Å². The van der Waals surface area contributed by atoms with Gasteiger partial charge in [-0.1, -0.05) is 18.2 Å². The fourth-order valence-corrected chi connectivity index (χ4v) is 4.21. The molecule has 2 heterocycles. The van der Waals surface area contributed by atoms with Gasteiger partial charge in [0.05, 0.1) is 35.4 Å². The quantitative estimate of drug-likeness (QED) is 0.718. The van der Waals surface area contributed by atoms with Gasteiger partial charge in [0.2, 0.25) is 5.91 Å². The Balaban J connectivity index is 1.80. The van der Waals surface area contributed by atoms with Crippen LogP contribution in [0.5, 0.6) is 0 Å². The molecule has 128 valence electrons. The van der Waals surface area contributed by atoms with Gasteiger partial charge in [-0.05, 0) is 35.4 Å². The van der Waals surface area contributed by atoms with Gasteiger partial charge in [0, 0.05) is 24.3 Å². The molecule has 1 aliphatic rings. The second kappa shape index (κ2) is 6.70. The Morgan fingerprint density at radius 1 is 1.19 bits per heavy atom. The van der Waals surface area contributed by atoms with Crippen LogP contribution >= 0.6 is 11.8 Å². The van der Waals surface area contributed by atoms with Crippen molar-refractivity contribution in [2.24, 2.45) is 0 Å². The fourth-order valence-electron chi connectivity index (χ4n) is 3.16. The van der Waals surface area contributed by atoms with Crippen LogP contribution in [0.1, 0.15) is 22.7 Å². The van der Waals surface area contributed by atoms with Crippen molar-refractivity contribution >= 4 is 23.4 Å². The van der Waals surface area contributed by atoms with Gasteiger partial charge in [-0.3, -0.25) is 4.79 Å². The summed E-state index contributed by atoms with van der Waals surface area (Å²) in [5.74, 6) is 0.577. The topological polar surface area (TPSA) is 61.9 Å². The van der Waals surface area contributed by atoms with E-state index in [-0.39, 0.29) is 11.9 Å². The Hall–Kier alpha value is -3.04.